The molecule has 0 amide bonds. The number of ether oxygens (including phenoxy) is 1. The monoisotopic (exact) mass is 244 g/mol. The molecule has 1 N–H and O–H groups in total. The highest BCUT2D eigenvalue weighted by atomic mass is 16.5. The van der Waals surface area contributed by atoms with E-state index in [0.29, 0.717) is 13.0 Å². The largest absolute Gasteiger partial charge is 0.481 e. The van der Waals surface area contributed by atoms with Gasteiger partial charge in [0.25, 0.3) is 0 Å². The second-order valence-corrected chi connectivity index (χ2v) is 4.94. The van der Waals surface area contributed by atoms with Crippen molar-refractivity contribution in [3.8, 4) is 0 Å². The molecule has 0 fully saturated rings. The second kappa shape index (κ2) is 6.62. The van der Waals surface area contributed by atoms with Gasteiger partial charge >= 0.3 is 11.9 Å². The molecule has 0 aliphatic heterocycles. The lowest BCUT2D eigenvalue weighted by molar-refractivity contribution is -0.157. The molecule has 0 aromatic carbocycles. The molecule has 0 rings (SSSR count). The van der Waals surface area contributed by atoms with Gasteiger partial charge in [-0.05, 0) is 24.7 Å². The molecule has 0 saturated carbocycles. The van der Waals surface area contributed by atoms with E-state index in [1.807, 2.05) is 27.7 Å². The van der Waals surface area contributed by atoms with Crippen LogP contribution in [0.15, 0.2) is 0 Å². The number of carboxylic acids is 1. The van der Waals surface area contributed by atoms with Gasteiger partial charge in [-0.1, -0.05) is 27.7 Å². The molecular formula is C13H24O4. The lowest BCUT2D eigenvalue weighted by Crippen LogP contribution is -2.40. The summed E-state index contributed by atoms with van der Waals surface area (Å²) in [6, 6.07) is 0. The summed E-state index contributed by atoms with van der Waals surface area (Å²) in [6.07, 6.45) is 0.586. The van der Waals surface area contributed by atoms with Crippen molar-refractivity contribution < 1.29 is 19.4 Å². The van der Waals surface area contributed by atoms with Crippen LogP contribution in [0.4, 0.5) is 0 Å². The van der Waals surface area contributed by atoms with Crippen molar-refractivity contribution in [3.63, 3.8) is 0 Å². The van der Waals surface area contributed by atoms with Crippen molar-refractivity contribution >= 4 is 11.9 Å². The highest BCUT2D eigenvalue weighted by Gasteiger charge is 2.42. The molecule has 0 aliphatic rings. The molecule has 2 unspecified atom stereocenters. The molecule has 0 radical (unpaired) electrons. The quantitative estimate of drug-likeness (QED) is 0.699. The van der Waals surface area contributed by atoms with Gasteiger partial charge in [-0.25, -0.2) is 0 Å². The van der Waals surface area contributed by atoms with E-state index in [2.05, 4.69) is 0 Å². The van der Waals surface area contributed by atoms with E-state index in [4.69, 9.17) is 9.84 Å². The Morgan fingerprint density at radius 3 is 2.12 bits per heavy atom. The van der Waals surface area contributed by atoms with Crippen LogP contribution in [0.3, 0.4) is 0 Å². The summed E-state index contributed by atoms with van der Waals surface area (Å²) in [4.78, 5) is 22.9. The Bertz CT molecular complexity index is 273. The number of carbonyl (C=O) groups excluding carboxylic acids is 1. The predicted molar refractivity (Wildman–Crippen MR) is 65.6 cm³/mol. The molecule has 100 valence electrons. The van der Waals surface area contributed by atoms with Gasteiger partial charge in [-0.15, -0.1) is 0 Å². The summed E-state index contributed by atoms with van der Waals surface area (Å²) < 4.78 is 5.04. The lowest BCUT2D eigenvalue weighted by atomic mass is 9.66. The van der Waals surface area contributed by atoms with Crippen LogP contribution in [0, 0.1) is 17.3 Å². The number of rotatable bonds is 7. The first kappa shape index (κ1) is 15.9. The Morgan fingerprint density at radius 1 is 1.29 bits per heavy atom. The molecule has 17 heavy (non-hydrogen) atoms. The maximum absolute atomic E-state index is 11.9. The summed E-state index contributed by atoms with van der Waals surface area (Å²) in [6.45, 7) is 9.74. The standard InChI is InChI=1S/C13H24O4/c1-6-10(12(16)17-7-2)13(5,9(3)4)8-11(14)15/h9-10H,6-8H2,1-5H3,(H,14,15). The van der Waals surface area contributed by atoms with E-state index in [1.54, 1.807) is 6.92 Å². The maximum atomic E-state index is 11.9. The van der Waals surface area contributed by atoms with Crippen LogP contribution in [-0.4, -0.2) is 23.7 Å². The van der Waals surface area contributed by atoms with Gasteiger partial charge in [0.2, 0.25) is 0 Å². The summed E-state index contributed by atoms with van der Waals surface area (Å²) in [5, 5.41) is 9.00. The van der Waals surface area contributed by atoms with Crippen LogP contribution < -0.4 is 0 Å². The summed E-state index contributed by atoms with van der Waals surface area (Å²) >= 11 is 0. The zero-order valence-corrected chi connectivity index (χ0v) is 11.4. The van der Waals surface area contributed by atoms with Crippen LogP contribution in [0.2, 0.25) is 0 Å². The zero-order chi connectivity index (χ0) is 13.6. The van der Waals surface area contributed by atoms with Crippen molar-refractivity contribution in [2.24, 2.45) is 17.3 Å². The van der Waals surface area contributed by atoms with Crippen LogP contribution >= 0.6 is 0 Å². The zero-order valence-electron chi connectivity index (χ0n) is 11.4. The molecule has 0 aromatic heterocycles. The molecule has 0 bridgehead atoms. The topological polar surface area (TPSA) is 63.6 Å². The smallest absolute Gasteiger partial charge is 0.309 e. The summed E-state index contributed by atoms with van der Waals surface area (Å²) in [5.41, 5.74) is -0.563. The van der Waals surface area contributed by atoms with Crippen LogP contribution in [0.25, 0.3) is 0 Å². The van der Waals surface area contributed by atoms with Crippen LogP contribution in [0.5, 0.6) is 0 Å². The average molecular weight is 244 g/mol. The molecule has 2 atom stereocenters. The summed E-state index contributed by atoms with van der Waals surface area (Å²) in [7, 11) is 0. The Labute approximate surface area is 103 Å². The first-order chi connectivity index (χ1) is 7.79. The van der Waals surface area contributed by atoms with Gasteiger partial charge in [0, 0.05) is 0 Å². The molecule has 0 aliphatic carbocycles. The number of carbonyl (C=O) groups is 2. The van der Waals surface area contributed by atoms with E-state index in [9.17, 15) is 9.59 Å². The lowest BCUT2D eigenvalue weighted by Gasteiger charge is -2.38. The van der Waals surface area contributed by atoms with Gasteiger partial charge in [0.1, 0.15) is 0 Å². The number of hydrogen-bond donors (Lipinski definition) is 1. The Kier molecular flexibility index (Phi) is 6.21. The Hall–Kier alpha value is -1.06. The number of aliphatic carboxylic acids is 1. The fourth-order valence-electron chi connectivity index (χ4n) is 2.20. The molecular weight excluding hydrogens is 220 g/mol. The highest BCUT2D eigenvalue weighted by molar-refractivity contribution is 5.75. The van der Waals surface area contributed by atoms with Gasteiger partial charge in [-0.2, -0.15) is 0 Å². The third kappa shape index (κ3) is 4.02. The normalized spacial score (nSPS) is 16.4. The van der Waals surface area contributed by atoms with E-state index in [-0.39, 0.29) is 24.2 Å². The van der Waals surface area contributed by atoms with Gasteiger partial charge in [0.05, 0.1) is 18.9 Å². The fourth-order valence-corrected chi connectivity index (χ4v) is 2.20. The van der Waals surface area contributed by atoms with E-state index in [1.165, 1.54) is 0 Å². The van der Waals surface area contributed by atoms with Gasteiger partial charge < -0.3 is 9.84 Å². The van der Waals surface area contributed by atoms with Crippen molar-refractivity contribution in [2.75, 3.05) is 6.61 Å². The summed E-state index contributed by atoms with van der Waals surface area (Å²) in [5.74, 6) is -1.41. The third-order valence-electron chi connectivity index (χ3n) is 3.63. The molecule has 0 aromatic rings. The molecule has 0 saturated heterocycles. The van der Waals surface area contributed by atoms with Crippen molar-refractivity contribution in [2.45, 2.75) is 47.5 Å². The van der Waals surface area contributed by atoms with Gasteiger partial charge in [0.15, 0.2) is 0 Å². The van der Waals surface area contributed by atoms with E-state index in [0.717, 1.165) is 0 Å². The number of carboxylic acid groups (broad SMARTS) is 1. The molecule has 0 spiro atoms. The number of esters is 1. The van der Waals surface area contributed by atoms with Gasteiger partial charge in [-0.3, -0.25) is 9.59 Å². The fraction of sp³-hybridized carbons (Fsp3) is 0.846. The second-order valence-electron chi connectivity index (χ2n) is 4.94. The molecule has 4 nitrogen and oxygen atoms in total. The Morgan fingerprint density at radius 2 is 1.82 bits per heavy atom. The minimum absolute atomic E-state index is 0.0119. The van der Waals surface area contributed by atoms with Crippen LogP contribution in [-0.2, 0) is 14.3 Å². The minimum atomic E-state index is -0.871. The van der Waals surface area contributed by atoms with E-state index >= 15 is 0 Å². The third-order valence-corrected chi connectivity index (χ3v) is 3.63. The predicted octanol–water partition coefficient (Wildman–Crippen LogP) is 2.71. The van der Waals surface area contributed by atoms with E-state index < -0.39 is 11.4 Å². The van der Waals surface area contributed by atoms with Crippen molar-refractivity contribution in [3.05, 3.63) is 0 Å². The SMILES string of the molecule is CCOC(=O)C(CC)C(C)(CC(=O)O)C(C)C. The van der Waals surface area contributed by atoms with Crippen molar-refractivity contribution in [1.29, 1.82) is 0 Å². The number of hydrogen-bond acceptors (Lipinski definition) is 3. The Balaban J connectivity index is 5.11. The minimum Gasteiger partial charge on any atom is -0.481 e. The van der Waals surface area contributed by atoms with Crippen LogP contribution in [0.1, 0.15) is 47.5 Å². The average Bonchev–Trinajstić information content (AvgIpc) is 2.17. The highest BCUT2D eigenvalue weighted by Crippen LogP contribution is 2.41. The first-order valence-electron chi connectivity index (χ1n) is 6.17. The molecule has 0 heterocycles. The first-order valence-corrected chi connectivity index (χ1v) is 6.17. The van der Waals surface area contributed by atoms with Crippen molar-refractivity contribution in [1.82, 2.24) is 0 Å². The maximum Gasteiger partial charge on any atom is 0.309 e. The molecule has 4 heteroatoms.